The van der Waals surface area contributed by atoms with Crippen molar-refractivity contribution in [1.29, 1.82) is 0 Å². The third-order valence-corrected chi connectivity index (χ3v) is 3.51. The minimum Gasteiger partial charge on any atom is -0.482 e. The summed E-state index contributed by atoms with van der Waals surface area (Å²) in [6.07, 6.45) is 0. The summed E-state index contributed by atoms with van der Waals surface area (Å²) in [5, 5.41) is 3.25. The van der Waals surface area contributed by atoms with Gasteiger partial charge in [-0.3, -0.25) is 4.79 Å². The van der Waals surface area contributed by atoms with Crippen molar-refractivity contribution in [3.8, 4) is 5.75 Å². The average molecular weight is 322 g/mol. The van der Waals surface area contributed by atoms with E-state index in [0.29, 0.717) is 10.8 Å². The number of nitrogens with one attached hydrogen (secondary N) is 1. The van der Waals surface area contributed by atoms with E-state index in [1.54, 1.807) is 24.3 Å². The minimum atomic E-state index is -0.306. The molecule has 1 amide bonds. The molecule has 22 heavy (non-hydrogen) atoms. The Morgan fingerprint density at radius 3 is 2.64 bits per heavy atom. The maximum absolute atomic E-state index is 12.9. The first-order valence-electron chi connectivity index (χ1n) is 6.89. The molecule has 1 N–H and O–H groups in total. The Kier molecular flexibility index (Phi) is 5.39. The van der Waals surface area contributed by atoms with Crippen molar-refractivity contribution >= 4 is 17.5 Å². The van der Waals surface area contributed by atoms with Crippen LogP contribution in [0.5, 0.6) is 5.75 Å². The predicted molar refractivity (Wildman–Crippen MR) is 84.6 cm³/mol. The van der Waals surface area contributed by atoms with Crippen molar-refractivity contribution in [2.24, 2.45) is 0 Å². The highest BCUT2D eigenvalue weighted by Crippen LogP contribution is 2.25. The highest BCUT2D eigenvalue weighted by Gasteiger charge is 2.11. The smallest absolute Gasteiger partial charge is 0.258 e. The summed E-state index contributed by atoms with van der Waals surface area (Å²) in [6, 6.07) is 11.1. The van der Waals surface area contributed by atoms with Crippen LogP contribution in [-0.2, 0) is 4.79 Å². The molecule has 1 unspecified atom stereocenters. The van der Waals surface area contributed by atoms with Gasteiger partial charge < -0.3 is 10.1 Å². The molecule has 0 saturated heterocycles. The number of amides is 1. The Balaban J connectivity index is 1.90. The van der Waals surface area contributed by atoms with Gasteiger partial charge in [0, 0.05) is 0 Å². The van der Waals surface area contributed by atoms with Crippen LogP contribution in [-0.4, -0.2) is 12.5 Å². The number of rotatable bonds is 5. The Hall–Kier alpha value is -2.07. The second kappa shape index (κ2) is 7.27. The van der Waals surface area contributed by atoms with Crippen LogP contribution < -0.4 is 10.1 Å². The molecule has 0 aliphatic carbocycles. The third kappa shape index (κ3) is 4.46. The number of halogens is 2. The fourth-order valence-corrected chi connectivity index (χ4v) is 2.15. The van der Waals surface area contributed by atoms with Crippen molar-refractivity contribution in [3.05, 3.63) is 64.4 Å². The normalized spacial score (nSPS) is 11.8. The van der Waals surface area contributed by atoms with Gasteiger partial charge in [0.2, 0.25) is 0 Å². The van der Waals surface area contributed by atoms with E-state index in [0.717, 1.165) is 11.1 Å². The summed E-state index contributed by atoms with van der Waals surface area (Å²) in [5.74, 6) is -0.0969. The van der Waals surface area contributed by atoms with Gasteiger partial charge in [0.25, 0.3) is 5.91 Å². The van der Waals surface area contributed by atoms with Crippen molar-refractivity contribution in [2.45, 2.75) is 19.9 Å². The standard InChI is InChI=1S/C17H17ClFNO2/c1-11-3-8-15(18)16(9-11)22-10-17(21)20-12(2)13-4-6-14(19)7-5-13/h3-9,12H,10H2,1-2H3,(H,20,21). The maximum Gasteiger partial charge on any atom is 0.258 e. The summed E-state index contributed by atoms with van der Waals surface area (Å²) >= 11 is 6.00. The van der Waals surface area contributed by atoms with Crippen LogP contribution in [0.1, 0.15) is 24.1 Å². The van der Waals surface area contributed by atoms with Crippen LogP contribution in [0.3, 0.4) is 0 Å². The first-order valence-corrected chi connectivity index (χ1v) is 7.27. The van der Waals surface area contributed by atoms with Gasteiger partial charge in [-0.2, -0.15) is 0 Å². The lowest BCUT2D eigenvalue weighted by Crippen LogP contribution is -2.31. The summed E-state index contributed by atoms with van der Waals surface area (Å²) in [5.41, 5.74) is 1.82. The quantitative estimate of drug-likeness (QED) is 0.902. The van der Waals surface area contributed by atoms with Gasteiger partial charge in [-0.25, -0.2) is 4.39 Å². The molecule has 0 aliphatic heterocycles. The molecule has 0 fully saturated rings. The summed E-state index contributed by atoms with van der Waals surface area (Å²) in [7, 11) is 0. The highest BCUT2D eigenvalue weighted by molar-refractivity contribution is 6.32. The monoisotopic (exact) mass is 321 g/mol. The summed E-state index contributed by atoms with van der Waals surface area (Å²) in [6.45, 7) is 3.61. The number of benzene rings is 2. The van der Waals surface area contributed by atoms with Gasteiger partial charge in [-0.05, 0) is 49.2 Å². The van der Waals surface area contributed by atoms with E-state index in [1.165, 1.54) is 12.1 Å². The van der Waals surface area contributed by atoms with E-state index < -0.39 is 0 Å². The van der Waals surface area contributed by atoms with Crippen LogP contribution in [0, 0.1) is 12.7 Å². The van der Waals surface area contributed by atoms with Crippen LogP contribution >= 0.6 is 11.6 Å². The number of hydrogen-bond donors (Lipinski definition) is 1. The molecule has 0 spiro atoms. The van der Waals surface area contributed by atoms with Crippen LogP contribution in [0.25, 0.3) is 0 Å². The molecule has 0 aliphatic rings. The Morgan fingerprint density at radius 2 is 1.95 bits per heavy atom. The number of ether oxygens (including phenoxy) is 1. The van der Waals surface area contributed by atoms with Crippen molar-refractivity contribution < 1.29 is 13.9 Å². The minimum absolute atomic E-state index is 0.130. The molecule has 0 saturated carbocycles. The van der Waals surface area contributed by atoms with Gasteiger partial charge in [-0.1, -0.05) is 29.8 Å². The van der Waals surface area contributed by atoms with Crippen LogP contribution in [0.2, 0.25) is 5.02 Å². The van der Waals surface area contributed by atoms with Crippen molar-refractivity contribution in [3.63, 3.8) is 0 Å². The predicted octanol–water partition coefficient (Wildman–Crippen LogP) is 4.04. The number of carbonyl (C=O) groups excluding carboxylic acids is 1. The molecule has 1 atom stereocenters. The molecule has 0 heterocycles. The van der Waals surface area contributed by atoms with E-state index in [1.807, 2.05) is 19.9 Å². The zero-order valence-corrected chi connectivity index (χ0v) is 13.2. The molecule has 2 rings (SSSR count). The van der Waals surface area contributed by atoms with Gasteiger partial charge in [0.1, 0.15) is 11.6 Å². The number of aryl methyl sites for hydroxylation is 1. The van der Waals surface area contributed by atoms with E-state index in [2.05, 4.69) is 5.32 Å². The van der Waals surface area contributed by atoms with Crippen molar-refractivity contribution in [2.75, 3.05) is 6.61 Å². The molecule has 2 aromatic carbocycles. The SMILES string of the molecule is Cc1ccc(Cl)c(OCC(=O)NC(C)c2ccc(F)cc2)c1. The van der Waals surface area contributed by atoms with Crippen LogP contribution in [0.15, 0.2) is 42.5 Å². The average Bonchev–Trinajstić information content (AvgIpc) is 2.49. The molecular formula is C17H17ClFNO2. The molecule has 3 nitrogen and oxygen atoms in total. The van der Waals surface area contributed by atoms with Crippen LogP contribution in [0.4, 0.5) is 4.39 Å². The lowest BCUT2D eigenvalue weighted by Gasteiger charge is -2.15. The second-order valence-corrected chi connectivity index (χ2v) is 5.47. The third-order valence-electron chi connectivity index (χ3n) is 3.19. The fourth-order valence-electron chi connectivity index (χ4n) is 1.98. The first-order chi connectivity index (χ1) is 10.5. The zero-order valence-electron chi connectivity index (χ0n) is 12.4. The lowest BCUT2D eigenvalue weighted by atomic mass is 10.1. The molecule has 0 aromatic heterocycles. The van der Waals surface area contributed by atoms with E-state index in [-0.39, 0.29) is 24.4 Å². The first kappa shape index (κ1) is 16.3. The Morgan fingerprint density at radius 1 is 1.27 bits per heavy atom. The summed E-state index contributed by atoms with van der Waals surface area (Å²) < 4.78 is 18.3. The van der Waals surface area contributed by atoms with E-state index in [9.17, 15) is 9.18 Å². The molecular weight excluding hydrogens is 305 g/mol. The molecule has 0 radical (unpaired) electrons. The number of hydrogen-bond acceptors (Lipinski definition) is 2. The van der Waals surface area contributed by atoms with Gasteiger partial charge in [0.15, 0.2) is 6.61 Å². The molecule has 5 heteroatoms. The van der Waals surface area contributed by atoms with Crippen molar-refractivity contribution in [1.82, 2.24) is 5.32 Å². The molecule has 0 bridgehead atoms. The highest BCUT2D eigenvalue weighted by atomic mass is 35.5. The number of carbonyl (C=O) groups is 1. The second-order valence-electron chi connectivity index (χ2n) is 5.06. The van der Waals surface area contributed by atoms with Gasteiger partial charge in [-0.15, -0.1) is 0 Å². The zero-order chi connectivity index (χ0) is 16.1. The van der Waals surface area contributed by atoms with E-state index >= 15 is 0 Å². The fraction of sp³-hybridized carbons (Fsp3) is 0.235. The molecule has 2 aromatic rings. The Bertz CT molecular complexity index is 658. The summed E-state index contributed by atoms with van der Waals surface area (Å²) in [4.78, 5) is 11.9. The maximum atomic E-state index is 12.9. The topological polar surface area (TPSA) is 38.3 Å². The Labute approximate surface area is 134 Å². The van der Waals surface area contributed by atoms with Gasteiger partial charge in [0.05, 0.1) is 11.1 Å². The molecule has 116 valence electrons. The van der Waals surface area contributed by atoms with E-state index in [4.69, 9.17) is 16.3 Å². The van der Waals surface area contributed by atoms with Gasteiger partial charge >= 0.3 is 0 Å². The lowest BCUT2D eigenvalue weighted by molar-refractivity contribution is -0.123. The largest absolute Gasteiger partial charge is 0.482 e.